The van der Waals surface area contributed by atoms with E-state index in [0.717, 1.165) is 10.9 Å². The van der Waals surface area contributed by atoms with Crippen LogP contribution in [0.1, 0.15) is 11.7 Å². The Morgan fingerprint density at radius 1 is 1.04 bits per heavy atom. The number of anilines is 1. The number of H-pyrrole nitrogens is 1. The van der Waals surface area contributed by atoms with Gasteiger partial charge >= 0.3 is 11.8 Å². The van der Waals surface area contributed by atoms with Crippen molar-refractivity contribution in [3.05, 3.63) is 66.4 Å². The van der Waals surface area contributed by atoms with Crippen LogP contribution in [0.3, 0.4) is 0 Å². The van der Waals surface area contributed by atoms with Crippen molar-refractivity contribution in [2.24, 2.45) is 0 Å². The third-order valence-corrected chi connectivity index (χ3v) is 3.66. The Labute approximate surface area is 138 Å². The zero-order chi connectivity index (χ0) is 16.9. The summed E-state index contributed by atoms with van der Waals surface area (Å²) in [7, 11) is 0. The summed E-state index contributed by atoms with van der Waals surface area (Å²) in [5, 5.41) is 16.0. The molecule has 3 rings (SSSR count). The van der Waals surface area contributed by atoms with E-state index in [-0.39, 0.29) is 6.54 Å². The minimum Gasteiger partial charge on any atom is -0.387 e. The summed E-state index contributed by atoms with van der Waals surface area (Å²) in [5.41, 5.74) is 2.07. The maximum Gasteiger partial charge on any atom is 0.313 e. The lowest BCUT2D eigenvalue weighted by atomic mass is 10.1. The van der Waals surface area contributed by atoms with E-state index in [2.05, 4.69) is 15.6 Å². The van der Waals surface area contributed by atoms with Crippen LogP contribution in [-0.2, 0) is 9.59 Å². The average molecular weight is 323 g/mol. The van der Waals surface area contributed by atoms with Crippen molar-refractivity contribution < 1.29 is 14.7 Å². The molecule has 2 aromatic carbocycles. The molecule has 0 aliphatic heterocycles. The van der Waals surface area contributed by atoms with Crippen molar-refractivity contribution in [2.75, 3.05) is 11.9 Å². The number of amides is 2. The van der Waals surface area contributed by atoms with E-state index in [1.807, 2.05) is 18.2 Å². The molecule has 122 valence electrons. The Morgan fingerprint density at radius 2 is 1.83 bits per heavy atom. The smallest absolute Gasteiger partial charge is 0.313 e. The van der Waals surface area contributed by atoms with Gasteiger partial charge in [0.15, 0.2) is 0 Å². The van der Waals surface area contributed by atoms with Gasteiger partial charge in [-0.3, -0.25) is 9.59 Å². The second-order valence-corrected chi connectivity index (χ2v) is 5.37. The van der Waals surface area contributed by atoms with Crippen molar-refractivity contribution in [3.63, 3.8) is 0 Å². The second kappa shape index (κ2) is 6.97. The van der Waals surface area contributed by atoms with Crippen LogP contribution in [0, 0.1) is 0 Å². The van der Waals surface area contributed by atoms with Gasteiger partial charge in [0.1, 0.15) is 0 Å². The summed E-state index contributed by atoms with van der Waals surface area (Å²) in [5.74, 6) is -1.57. The highest BCUT2D eigenvalue weighted by Crippen LogP contribution is 2.17. The number of aromatic amines is 1. The van der Waals surface area contributed by atoms with Gasteiger partial charge in [-0.05, 0) is 29.1 Å². The van der Waals surface area contributed by atoms with Crippen molar-refractivity contribution in [2.45, 2.75) is 6.10 Å². The predicted molar refractivity (Wildman–Crippen MR) is 91.3 cm³/mol. The van der Waals surface area contributed by atoms with Gasteiger partial charge in [-0.15, -0.1) is 0 Å². The third kappa shape index (κ3) is 3.61. The lowest BCUT2D eigenvalue weighted by Crippen LogP contribution is -2.37. The number of carbonyl (C=O) groups is 2. The first-order chi connectivity index (χ1) is 11.6. The van der Waals surface area contributed by atoms with E-state index in [0.29, 0.717) is 11.3 Å². The fourth-order valence-electron chi connectivity index (χ4n) is 2.38. The van der Waals surface area contributed by atoms with Crippen LogP contribution in [0.25, 0.3) is 10.9 Å². The van der Waals surface area contributed by atoms with Gasteiger partial charge in [-0.1, -0.05) is 36.4 Å². The second-order valence-electron chi connectivity index (χ2n) is 5.37. The molecule has 1 aromatic heterocycles. The molecule has 0 bridgehead atoms. The molecule has 0 aliphatic carbocycles. The molecule has 0 aliphatic rings. The Bertz CT molecular complexity index is 858. The number of hydrogen-bond donors (Lipinski definition) is 4. The number of carbonyl (C=O) groups excluding carboxylic acids is 2. The van der Waals surface area contributed by atoms with E-state index in [4.69, 9.17) is 0 Å². The zero-order valence-electron chi connectivity index (χ0n) is 12.8. The molecule has 24 heavy (non-hydrogen) atoms. The van der Waals surface area contributed by atoms with Crippen LogP contribution in [0.5, 0.6) is 0 Å². The minimum atomic E-state index is -0.863. The van der Waals surface area contributed by atoms with E-state index < -0.39 is 17.9 Å². The molecule has 0 fully saturated rings. The Morgan fingerprint density at radius 3 is 2.62 bits per heavy atom. The van der Waals surface area contributed by atoms with Crippen molar-refractivity contribution in [3.8, 4) is 0 Å². The Kier molecular flexibility index (Phi) is 4.58. The van der Waals surface area contributed by atoms with E-state index in [9.17, 15) is 14.7 Å². The molecule has 6 nitrogen and oxygen atoms in total. The van der Waals surface area contributed by atoms with Gasteiger partial charge < -0.3 is 20.7 Å². The Hall–Kier alpha value is -3.12. The highest BCUT2D eigenvalue weighted by atomic mass is 16.3. The van der Waals surface area contributed by atoms with Gasteiger partial charge in [0.25, 0.3) is 0 Å². The topological polar surface area (TPSA) is 94.2 Å². The first-order valence-electron chi connectivity index (χ1n) is 7.53. The van der Waals surface area contributed by atoms with Crippen LogP contribution in [0.15, 0.2) is 60.8 Å². The van der Waals surface area contributed by atoms with Crippen molar-refractivity contribution in [1.82, 2.24) is 10.3 Å². The van der Waals surface area contributed by atoms with E-state index in [1.165, 1.54) is 0 Å². The molecule has 0 radical (unpaired) electrons. The van der Waals surface area contributed by atoms with Crippen LogP contribution in [0.2, 0.25) is 0 Å². The fourth-order valence-corrected chi connectivity index (χ4v) is 2.38. The van der Waals surface area contributed by atoms with Gasteiger partial charge in [0.05, 0.1) is 6.10 Å². The molecule has 3 aromatic rings. The molecule has 0 saturated heterocycles. The minimum absolute atomic E-state index is 0.0358. The number of hydrogen-bond acceptors (Lipinski definition) is 3. The van der Waals surface area contributed by atoms with E-state index >= 15 is 0 Å². The third-order valence-electron chi connectivity index (χ3n) is 3.66. The molecule has 1 atom stereocenters. The molecule has 1 heterocycles. The maximum absolute atomic E-state index is 11.9. The number of fused-ring (bicyclic) bond motifs is 1. The lowest BCUT2D eigenvalue weighted by molar-refractivity contribution is -0.136. The number of nitrogens with one attached hydrogen (secondary N) is 3. The molecule has 4 N–H and O–H groups in total. The summed E-state index contributed by atoms with van der Waals surface area (Å²) in [6.07, 6.45) is 0.937. The number of benzene rings is 2. The largest absolute Gasteiger partial charge is 0.387 e. The SMILES string of the molecule is O=C(NC[C@@H](O)c1ccccc1)C(=O)Nc1ccc2cc[nH]c2c1. The molecule has 0 saturated carbocycles. The molecule has 0 unspecified atom stereocenters. The summed E-state index contributed by atoms with van der Waals surface area (Å²) in [6.45, 7) is -0.0358. The van der Waals surface area contributed by atoms with Gasteiger partial charge in [-0.2, -0.15) is 0 Å². The molecule has 2 amide bonds. The van der Waals surface area contributed by atoms with Gasteiger partial charge in [0.2, 0.25) is 0 Å². The summed E-state index contributed by atoms with van der Waals surface area (Å²) in [6, 6.07) is 16.2. The number of aliphatic hydroxyl groups is 1. The molecular weight excluding hydrogens is 306 g/mol. The predicted octanol–water partition coefficient (Wildman–Crippen LogP) is 1.96. The average Bonchev–Trinajstić information content (AvgIpc) is 3.07. The first-order valence-corrected chi connectivity index (χ1v) is 7.53. The summed E-state index contributed by atoms with van der Waals surface area (Å²) in [4.78, 5) is 26.8. The van der Waals surface area contributed by atoms with Crippen molar-refractivity contribution in [1.29, 1.82) is 0 Å². The van der Waals surface area contributed by atoms with Crippen LogP contribution < -0.4 is 10.6 Å². The number of aliphatic hydroxyl groups excluding tert-OH is 1. The fraction of sp³-hybridized carbons (Fsp3) is 0.111. The normalized spacial score (nSPS) is 11.9. The standard InChI is InChI=1S/C18H17N3O3/c22-16(13-4-2-1-3-5-13)11-20-17(23)18(24)21-14-7-6-12-8-9-19-15(12)10-14/h1-10,16,19,22H,11H2,(H,20,23)(H,21,24)/t16-/m1/s1. The van der Waals surface area contributed by atoms with Gasteiger partial charge in [-0.25, -0.2) is 0 Å². The molecular formula is C18H17N3O3. The Balaban J connectivity index is 1.55. The molecule has 0 spiro atoms. The van der Waals surface area contributed by atoms with Crippen LogP contribution in [-0.4, -0.2) is 28.4 Å². The van der Waals surface area contributed by atoms with E-state index in [1.54, 1.807) is 42.6 Å². The molecule has 6 heteroatoms. The maximum atomic E-state index is 11.9. The highest BCUT2D eigenvalue weighted by molar-refractivity contribution is 6.39. The lowest BCUT2D eigenvalue weighted by Gasteiger charge is -2.12. The quantitative estimate of drug-likeness (QED) is 0.553. The monoisotopic (exact) mass is 323 g/mol. The van der Waals surface area contributed by atoms with Crippen LogP contribution in [0.4, 0.5) is 5.69 Å². The van der Waals surface area contributed by atoms with Crippen LogP contribution >= 0.6 is 0 Å². The van der Waals surface area contributed by atoms with Gasteiger partial charge in [0, 0.05) is 23.9 Å². The zero-order valence-corrected chi connectivity index (χ0v) is 12.8. The summed E-state index contributed by atoms with van der Waals surface area (Å²) >= 11 is 0. The number of rotatable bonds is 4. The number of aromatic nitrogens is 1. The van der Waals surface area contributed by atoms with Crippen molar-refractivity contribution >= 4 is 28.4 Å². The highest BCUT2D eigenvalue weighted by Gasteiger charge is 2.16. The summed E-state index contributed by atoms with van der Waals surface area (Å²) < 4.78 is 0. The first kappa shape index (κ1) is 15.8.